The topological polar surface area (TPSA) is 20.2 Å². The third-order valence-corrected chi connectivity index (χ3v) is 20.0. The molecule has 0 bridgehead atoms. The fraction of sp³-hybridized carbons (Fsp3) is 0.882. The molecule has 1 unspecified atom stereocenters. The quantitative estimate of drug-likeness (QED) is 0.343. The molecule has 19 heavy (non-hydrogen) atoms. The summed E-state index contributed by atoms with van der Waals surface area (Å²) in [5, 5.41) is 10.8. The number of aliphatic hydroxyl groups excluding tert-OH is 1. The van der Waals surface area contributed by atoms with Crippen molar-refractivity contribution in [2.45, 2.75) is 90.1 Å². The minimum atomic E-state index is -2.38. The summed E-state index contributed by atoms with van der Waals surface area (Å²) in [6.45, 7) is 9.00. The van der Waals surface area contributed by atoms with E-state index in [1.807, 2.05) is 0 Å². The van der Waals surface area contributed by atoms with Crippen molar-refractivity contribution in [3.05, 3.63) is 12.2 Å². The van der Waals surface area contributed by atoms with Gasteiger partial charge in [-0.25, -0.2) is 0 Å². The Morgan fingerprint density at radius 2 is 1.26 bits per heavy atom. The molecule has 1 nitrogen and oxygen atoms in total. The fourth-order valence-electron chi connectivity index (χ4n) is 2.87. The maximum atomic E-state index is 10.8. The average Bonchev–Trinajstić information content (AvgIpc) is 2.44. The van der Waals surface area contributed by atoms with E-state index < -0.39 is 18.4 Å². The molecule has 0 saturated heterocycles. The van der Waals surface area contributed by atoms with Crippen LogP contribution in [0, 0.1) is 0 Å². The van der Waals surface area contributed by atoms with Crippen LogP contribution in [-0.2, 0) is 0 Å². The van der Waals surface area contributed by atoms with Gasteiger partial charge in [0.25, 0.3) is 0 Å². The van der Waals surface area contributed by atoms with Crippen molar-refractivity contribution in [3.63, 3.8) is 0 Å². The monoisotopic (exact) mass is 376 g/mol. The summed E-state index contributed by atoms with van der Waals surface area (Å²) in [5.41, 5.74) is 0. The van der Waals surface area contributed by atoms with Gasteiger partial charge in [-0.05, 0) is 0 Å². The Hall–Kier alpha value is 0.499. The van der Waals surface area contributed by atoms with Crippen LogP contribution in [0.25, 0.3) is 0 Å². The number of aliphatic hydroxyl groups is 1. The summed E-state index contributed by atoms with van der Waals surface area (Å²) in [6.07, 6.45) is 13.2. The van der Waals surface area contributed by atoms with Crippen LogP contribution in [0.4, 0.5) is 0 Å². The molecule has 0 saturated carbocycles. The van der Waals surface area contributed by atoms with Crippen LogP contribution in [0.2, 0.25) is 13.3 Å². The number of rotatable bonds is 12. The van der Waals surface area contributed by atoms with E-state index in [1.54, 1.807) is 0 Å². The van der Waals surface area contributed by atoms with E-state index in [1.165, 1.54) is 51.8 Å². The van der Waals surface area contributed by atoms with Crippen molar-refractivity contribution in [2.24, 2.45) is 0 Å². The van der Waals surface area contributed by atoms with Gasteiger partial charge < -0.3 is 0 Å². The number of hydrogen-bond acceptors (Lipinski definition) is 1. The Balaban J connectivity index is 4.89. The molecule has 1 atom stereocenters. The van der Waals surface area contributed by atoms with Gasteiger partial charge in [-0.3, -0.25) is 0 Å². The second kappa shape index (κ2) is 12.3. The fourth-order valence-corrected chi connectivity index (χ4v) is 18.2. The van der Waals surface area contributed by atoms with Crippen molar-refractivity contribution in [2.75, 3.05) is 0 Å². The zero-order chi connectivity index (χ0) is 14.6. The molecule has 0 rings (SSSR count). The minimum absolute atomic E-state index is 0.0427. The summed E-state index contributed by atoms with van der Waals surface area (Å²) in [7, 11) is 0. The van der Waals surface area contributed by atoms with Gasteiger partial charge in [-0.1, -0.05) is 0 Å². The third kappa shape index (κ3) is 7.74. The van der Waals surface area contributed by atoms with Crippen LogP contribution < -0.4 is 0 Å². The van der Waals surface area contributed by atoms with Gasteiger partial charge >= 0.3 is 126 Å². The molecule has 0 radical (unpaired) electrons. The Morgan fingerprint density at radius 3 is 1.58 bits per heavy atom. The van der Waals surface area contributed by atoms with Crippen LogP contribution in [0.3, 0.4) is 0 Å². The van der Waals surface area contributed by atoms with E-state index in [0.717, 1.165) is 6.42 Å². The van der Waals surface area contributed by atoms with Gasteiger partial charge in [0, 0.05) is 0 Å². The predicted molar refractivity (Wildman–Crippen MR) is 90.3 cm³/mol. The predicted octanol–water partition coefficient (Wildman–Crippen LogP) is 5.70. The van der Waals surface area contributed by atoms with Gasteiger partial charge in [0.2, 0.25) is 0 Å². The molecule has 0 fully saturated rings. The molecule has 0 aromatic rings. The molecule has 0 spiro atoms. The molecule has 0 aromatic heterocycles. The van der Waals surface area contributed by atoms with Crippen molar-refractivity contribution >= 4 is 18.4 Å². The first-order chi connectivity index (χ1) is 9.16. The van der Waals surface area contributed by atoms with E-state index >= 15 is 0 Å². The van der Waals surface area contributed by atoms with Crippen LogP contribution in [0.1, 0.15) is 72.6 Å². The first-order valence-electron chi connectivity index (χ1n) is 8.51. The molecule has 114 valence electrons. The molecule has 0 amide bonds. The van der Waals surface area contributed by atoms with E-state index in [2.05, 4.69) is 39.8 Å². The average molecular weight is 375 g/mol. The van der Waals surface area contributed by atoms with Crippen molar-refractivity contribution in [3.8, 4) is 0 Å². The van der Waals surface area contributed by atoms with Gasteiger partial charge in [0.1, 0.15) is 0 Å². The van der Waals surface area contributed by atoms with Crippen molar-refractivity contribution in [1.29, 1.82) is 0 Å². The van der Waals surface area contributed by atoms with Crippen LogP contribution in [0.5, 0.6) is 0 Å². The van der Waals surface area contributed by atoms with Gasteiger partial charge in [0.05, 0.1) is 0 Å². The van der Waals surface area contributed by atoms with Crippen molar-refractivity contribution < 1.29 is 5.11 Å². The zero-order valence-electron chi connectivity index (χ0n) is 13.8. The molecule has 0 aliphatic carbocycles. The summed E-state index contributed by atoms with van der Waals surface area (Å²) in [6, 6.07) is 0. The Kier molecular flexibility index (Phi) is 12.6. The Bertz CT molecular complexity index is 204. The van der Waals surface area contributed by atoms with Gasteiger partial charge in [0.15, 0.2) is 0 Å². The third-order valence-electron chi connectivity index (χ3n) is 4.27. The van der Waals surface area contributed by atoms with Crippen LogP contribution in [0.15, 0.2) is 12.2 Å². The van der Waals surface area contributed by atoms with Crippen LogP contribution >= 0.6 is 0 Å². The number of allylic oxidation sites excluding steroid dienone is 1. The second-order valence-corrected chi connectivity index (χ2v) is 19.7. The molecule has 0 aliphatic heterocycles. The Morgan fingerprint density at radius 1 is 0.842 bits per heavy atom. The zero-order valence-corrected chi connectivity index (χ0v) is 16.6. The van der Waals surface area contributed by atoms with Crippen LogP contribution in [-0.4, -0.2) is 27.6 Å². The van der Waals surface area contributed by atoms with E-state index in [4.69, 9.17) is 0 Å². The molecule has 0 heterocycles. The van der Waals surface area contributed by atoms with E-state index in [9.17, 15) is 5.11 Å². The van der Waals surface area contributed by atoms with Crippen molar-refractivity contribution in [1.82, 2.24) is 0 Å². The normalized spacial score (nSPS) is 14.2. The standard InChI is InChI=1S/C5H9O.3C4H9.Sn/c1-2-3-4-5-6;3*1-3-4-2;/h3-6H,2H2,1H3;3*1,3-4H2,2H3;/b4-3+;;;;. The summed E-state index contributed by atoms with van der Waals surface area (Å²) in [4.78, 5) is 0. The number of unbranched alkanes of at least 4 members (excludes halogenated alkanes) is 3. The molecule has 1 N–H and O–H groups in total. The molecule has 0 aliphatic rings. The first-order valence-corrected chi connectivity index (χ1v) is 16.2. The molecular formula is C17H36OSn. The SMILES string of the molecule is CC/C=C/[CH](O)[Sn]([CH2]CCC)([CH2]CCC)[CH2]CCC. The number of hydrogen-bond donors (Lipinski definition) is 1. The molecule has 2 heteroatoms. The van der Waals surface area contributed by atoms with E-state index in [-0.39, 0.29) is 4.12 Å². The van der Waals surface area contributed by atoms with Gasteiger partial charge in [-0.15, -0.1) is 0 Å². The summed E-state index contributed by atoms with van der Waals surface area (Å²) in [5.74, 6) is 0. The maximum absolute atomic E-state index is 10.8. The summed E-state index contributed by atoms with van der Waals surface area (Å²) < 4.78 is 4.13. The Labute approximate surface area is 125 Å². The van der Waals surface area contributed by atoms with E-state index in [0.29, 0.717) is 0 Å². The molecule has 0 aromatic carbocycles. The summed E-state index contributed by atoms with van der Waals surface area (Å²) >= 11 is -2.38. The van der Waals surface area contributed by atoms with Gasteiger partial charge in [-0.2, -0.15) is 0 Å². The molecular weight excluding hydrogens is 339 g/mol. The first kappa shape index (κ1) is 19.5. The second-order valence-electron chi connectivity index (χ2n) is 5.95.